The molecule has 0 N–H and O–H groups in total. The molecule has 0 bridgehead atoms. The Hall–Kier alpha value is -1.86. The molecular weight excluding hydrogens is 302 g/mol. The van der Waals surface area contributed by atoms with E-state index >= 15 is 0 Å². The maximum absolute atomic E-state index is 4.06. The molecule has 0 unspecified atom stereocenters. The Morgan fingerprint density at radius 3 is 2.08 bits per heavy atom. The minimum Gasteiger partial charge on any atom is -0.292 e. The normalized spacial score (nSPS) is 12.0. The number of hydrogen-bond donors (Lipinski definition) is 0. The van der Waals surface area contributed by atoms with Crippen molar-refractivity contribution in [3.63, 3.8) is 0 Å². The summed E-state index contributed by atoms with van der Waals surface area (Å²) < 4.78 is 0. The zero-order chi connectivity index (χ0) is 18.6. The highest BCUT2D eigenvalue weighted by molar-refractivity contribution is 5.61. The van der Waals surface area contributed by atoms with Crippen LogP contribution in [0.3, 0.4) is 0 Å². The number of allylic oxidation sites excluding steroid dienone is 1. The Balaban J connectivity index is 2.13. The van der Waals surface area contributed by atoms with Gasteiger partial charge in [-0.3, -0.25) is 4.90 Å². The van der Waals surface area contributed by atoms with Crippen LogP contribution in [0.25, 0.3) is 5.57 Å². The summed E-state index contributed by atoms with van der Waals surface area (Å²) in [5.41, 5.74) is 6.67. The summed E-state index contributed by atoms with van der Waals surface area (Å²) in [7, 11) is 0. The van der Waals surface area contributed by atoms with Gasteiger partial charge in [0.2, 0.25) is 0 Å². The molecule has 0 atom stereocenters. The number of hydrogen-bond acceptors (Lipinski definition) is 1. The van der Waals surface area contributed by atoms with Crippen LogP contribution in [0, 0.1) is 0 Å². The Morgan fingerprint density at radius 2 is 1.56 bits per heavy atom. The van der Waals surface area contributed by atoms with Crippen molar-refractivity contribution in [2.24, 2.45) is 0 Å². The van der Waals surface area contributed by atoms with Crippen LogP contribution < -0.4 is 0 Å². The molecule has 1 heteroatoms. The molecule has 0 aliphatic carbocycles. The van der Waals surface area contributed by atoms with Gasteiger partial charge in [0.05, 0.1) is 0 Å². The second-order valence-corrected chi connectivity index (χ2v) is 8.43. The molecule has 1 nitrogen and oxygen atoms in total. The van der Waals surface area contributed by atoms with Crippen molar-refractivity contribution in [2.75, 3.05) is 0 Å². The van der Waals surface area contributed by atoms with Gasteiger partial charge in [0.15, 0.2) is 0 Å². The van der Waals surface area contributed by atoms with E-state index in [2.05, 4.69) is 102 Å². The number of nitrogens with zero attached hydrogens (tertiary/aromatic N) is 1. The SMILES string of the molecule is C=C(C)c1cccc(CN(Cc2ccc(C(C)(C)C)cc2)C(C)C)c1. The standard InChI is InChI=1S/C24H33N/c1-18(2)22-10-8-9-21(15-22)17-25(19(3)4)16-20-11-13-23(14-12-20)24(5,6)7/h8-15,19H,1,16-17H2,2-7H3. The van der Waals surface area contributed by atoms with Gasteiger partial charge in [-0.2, -0.15) is 0 Å². The molecule has 0 saturated heterocycles. The smallest absolute Gasteiger partial charge is 0.0240 e. The third kappa shape index (κ3) is 5.57. The van der Waals surface area contributed by atoms with Gasteiger partial charge in [0, 0.05) is 19.1 Å². The minimum atomic E-state index is 0.208. The van der Waals surface area contributed by atoms with Gasteiger partial charge in [-0.1, -0.05) is 81.5 Å². The summed E-state index contributed by atoms with van der Waals surface area (Å²) in [6.45, 7) is 19.4. The fourth-order valence-electron chi connectivity index (χ4n) is 2.94. The largest absolute Gasteiger partial charge is 0.292 e. The van der Waals surface area contributed by atoms with Crippen molar-refractivity contribution in [3.05, 3.63) is 77.4 Å². The molecule has 0 spiro atoms. The first kappa shape index (κ1) is 19.5. The van der Waals surface area contributed by atoms with Gasteiger partial charge in [-0.15, -0.1) is 0 Å². The summed E-state index contributed by atoms with van der Waals surface area (Å²) in [5, 5.41) is 0. The van der Waals surface area contributed by atoms with Crippen LogP contribution in [0.15, 0.2) is 55.1 Å². The molecule has 2 aromatic rings. The van der Waals surface area contributed by atoms with Crippen LogP contribution in [0.4, 0.5) is 0 Å². The lowest BCUT2D eigenvalue weighted by Crippen LogP contribution is -2.29. The Labute approximate surface area is 154 Å². The maximum Gasteiger partial charge on any atom is 0.0240 e. The van der Waals surface area contributed by atoms with E-state index in [-0.39, 0.29) is 5.41 Å². The second kappa shape index (κ2) is 8.01. The molecule has 0 aliphatic heterocycles. The molecule has 0 saturated carbocycles. The highest BCUT2D eigenvalue weighted by atomic mass is 15.1. The van der Waals surface area contributed by atoms with Crippen molar-refractivity contribution >= 4 is 5.57 Å². The lowest BCUT2D eigenvalue weighted by molar-refractivity contribution is 0.203. The van der Waals surface area contributed by atoms with Gasteiger partial charge in [-0.25, -0.2) is 0 Å². The van der Waals surface area contributed by atoms with Crippen molar-refractivity contribution < 1.29 is 0 Å². The number of benzene rings is 2. The monoisotopic (exact) mass is 335 g/mol. The molecular formula is C24H33N. The van der Waals surface area contributed by atoms with Crippen LogP contribution in [-0.4, -0.2) is 10.9 Å². The fraction of sp³-hybridized carbons (Fsp3) is 0.417. The predicted molar refractivity (Wildman–Crippen MR) is 111 cm³/mol. The summed E-state index contributed by atoms with van der Waals surface area (Å²) in [6.07, 6.45) is 0. The molecule has 0 fully saturated rings. The summed E-state index contributed by atoms with van der Waals surface area (Å²) >= 11 is 0. The lowest BCUT2D eigenvalue weighted by atomic mass is 9.86. The zero-order valence-corrected chi connectivity index (χ0v) is 16.8. The van der Waals surface area contributed by atoms with Gasteiger partial charge in [0.1, 0.15) is 0 Å². The molecule has 0 aromatic heterocycles. The molecule has 0 aliphatic rings. The van der Waals surface area contributed by atoms with Crippen molar-refractivity contribution in [1.82, 2.24) is 4.90 Å². The van der Waals surface area contributed by atoms with Crippen molar-refractivity contribution in [1.29, 1.82) is 0 Å². The third-order valence-electron chi connectivity index (χ3n) is 4.74. The predicted octanol–water partition coefficient (Wildman–Crippen LogP) is 6.43. The van der Waals surface area contributed by atoms with E-state index in [1.807, 2.05) is 0 Å². The molecule has 134 valence electrons. The van der Waals surface area contributed by atoms with Gasteiger partial charge >= 0.3 is 0 Å². The van der Waals surface area contributed by atoms with Crippen molar-refractivity contribution in [2.45, 2.75) is 66.1 Å². The van der Waals surface area contributed by atoms with Crippen LogP contribution >= 0.6 is 0 Å². The average Bonchev–Trinajstić information content (AvgIpc) is 2.54. The van der Waals surface area contributed by atoms with Crippen LogP contribution in [0.1, 0.15) is 63.8 Å². The Bertz CT molecular complexity index is 702. The second-order valence-electron chi connectivity index (χ2n) is 8.43. The van der Waals surface area contributed by atoms with Crippen LogP contribution in [0.5, 0.6) is 0 Å². The Kier molecular flexibility index (Phi) is 6.24. The lowest BCUT2D eigenvalue weighted by Gasteiger charge is -2.27. The van der Waals surface area contributed by atoms with Gasteiger partial charge < -0.3 is 0 Å². The first-order valence-electron chi connectivity index (χ1n) is 9.25. The summed E-state index contributed by atoms with van der Waals surface area (Å²) in [6, 6.07) is 18.3. The summed E-state index contributed by atoms with van der Waals surface area (Å²) in [5.74, 6) is 0. The summed E-state index contributed by atoms with van der Waals surface area (Å²) in [4.78, 5) is 2.52. The quantitative estimate of drug-likeness (QED) is 0.588. The van der Waals surface area contributed by atoms with Gasteiger partial charge in [-0.05, 0) is 48.4 Å². The maximum atomic E-state index is 4.06. The molecule has 0 radical (unpaired) electrons. The molecule has 0 heterocycles. The zero-order valence-electron chi connectivity index (χ0n) is 16.8. The van der Waals surface area contributed by atoms with Crippen molar-refractivity contribution in [3.8, 4) is 0 Å². The van der Waals surface area contributed by atoms with E-state index in [0.29, 0.717) is 6.04 Å². The first-order chi connectivity index (χ1) is 11.7. The van der Waals surface area contributed by atoms with Crippen LogP contribution in [0.2, 0.25) is 0 Å². The van der Waals surface area contributed by atoms with Gasteiger partial charge in [0.25, 0.3) is 0 Å². The Morgan fingerprint density at radius 1 is 0.960 bits per heavy atom. The topological polar surface area (TPSA) is 3.24 Å². The van der Waals surface area contributed by atoms with E-state index in [4.69, 9.17) is 0 Å². The number of rotatable bonds is 6. The van der Waals surface area contributed by atoms with E-state index in [1.54, 1.807) is 0 Å². The molecule has 25 heavy (non-hydrogen) atoms. The highest BCUT2D eigenvalue weighted by Gasteiger charge is 2.15. The fourth-order valence-corrected chi connectivity index (χ4v) is 2.94. The third-order valence-corrected chi connectivity index (χ3v) is 4.74. The molecule has 2 rings (SSSR count). The van der Waals surface area contributed by atoms with E-state index in [9.17, 15) is 0 Å². The molecule has 2 aromatic carbocycles. The van der Waals surface area contributed by atoms with E-state index in [0.717, 1.165) is 18.7 Å². The van der Waals surface area contributed by atoms with E-state index in [1.165, 1.54) is 22.3 Å². The van der Waals surface area contributed by atoms with E-state index < -0.39 is 0 Å². The minimum absolute atomic E-state index is 0.208. The molecule has 0 amide bonds. The van der Waals surface area contributed by atoms with Crippen LogP contribution in [-0.2, 0) is 18.5 Å². The first-order valence-corrected chi connectivity index (χ1v) is 9.25. The average molecular weight is 336 g/mol. The highest BCUT2D eigenvalue weighted by Crippen LogP contribution is 2.23.